The molecule has 0 atom stereocenters. The van der Waals surface area contributed by atoms with Gasteiger partial charge in [-0.05, 0) is 13.0 Å². The molecule has 0 bridgehead atoms. The first-order chi connectivity index (χ1) is 8.47. The van der Waals surface area contributed by atoms with Gasteiger partial charge in [-0.2, -0.15) is 0 Å². The highest BCUT2D eigenvalue weighted by molar-refractivity contribution is 7.89. The molecule has 2 heterocycles. The topological polar surface area (TPSA) is 91.9 Å². The third-order valence-electron chi connectivity index (χ3n) is 2.18. The Morgan fingerprint density at radius 3 is 2.78 bits per heavy atom. The molecule has 0 radical (unpaired) electrons. The Morgan fingerprint density at radius 1 is 1.44 bits per heavy atom. The molecule has 0 unspecified atom stereocenters. The Bertz CT molecular complexity index is 683. The number of rotatable bonds is 4. The van der Waals surface area contributed by atoms with Crippen molar-refractivity contribution >= 4 is 21.4 Å². The van der Waals surface area contributed by atoms with Crippen molar-refractivity contribution in [3.05, 3.63) is 44.8 Å². The molecule has 0 saturated carbocycles. The summed E-state index contributed by atoms with van der Waals surface area (Å²) in [5.74, 6) is 0. The average molecular weight is 285 g/mol. The van der Waals surface area contributed by atoms with Crippen molar-refractivity contribution in [1.29, 1.82) is 0 Å². The molecule has 2 rings (SSSR count). The maximum Gasteiger partial charge on any atom is 0.247 e. The number of H-pyrrole nitrogens is 1. The molecule has 2 aromatic heterocycles. The van der Waals surface area contributed by atoms with E-state index in [1.165, 1.54) is 23.5 Å². The lowest BCUT2D eigenvalue weighted by Gasteiger charge is -2.04. The van der Waals surface area contributed by atoms with Crippen LogP contribution in [0.3, 0.4) is 0 Å². The van der Waals surface area contributed by atoms with Gasteiger partial charge in [-0.3, -0.25) is 4.79 Å². The van der Waals surface area contributed by atoms with E-state index < -0.39 is 10.0 Å². The lowest BCUT2D eigenvalue weighted by Crippen LogP contribution is -2.24. The first-order valence-electron chi connectivity index (χ1n) is 5.07. The zero-order chi connectivity index (χ0) is 13.2. The quantitative estimate of drug-likeness (QED) is 0.861. The molecule has 0 aliphatic heterocycles. The van der Waals surface area contributed by atoms with E-state index in [9.17, 15) is 13.2 Å². The number of nitrogens with zero attached hydrogens (tertiary/aromatic N) is 1. The van der Waals surface area contributed by atoms with Crippen LogP contribution >= 0.6 is 11.3 Å². The fourth-order valence-corrected chi connectivity index (χ4v) is 2.88. The normalized spacial score (nSPS) is 11.6. The molecular weight excluding hydrogens is 274 g/mol. The number of thiazole rings is 1. The van der Waals surface area contributed by atoms with Crippen LogP contribution in [0.4, 0.5) is 0 Å². The summed E-state index contributed by atoms with van der Waals surface area (Å²) < 4.78 is 26.2. The maximum absolute atomic E-state index is 11.9. The van der Waals surface area contributed by atoms with E-state index in [1.54, 1.807) is 5.38 Å². The molecule has 0 fully saturated rings. The fraction of sp³-hybridized carbons (Fsp3) is 0.200. The van der Waals surface area contributed by atoms with Crippen LogP contribution in [0.2, 0.25) is 0 Å². The highest BCUT2D eigenvalue weighted by Gasteiger charge is 2.14. The first-order valence-corrected chi connectivity index (χ1v) is 7.43. The standard InChI is InChI=1S/C10H11N3O3S2/c1-7-13-8(6-17-7)4-12-18(15,16)9-2-3-10(14)11-5-9/h2-3,5-6,12H,4H2,1H3,(H,11,14). The van der Waals surface area contributed by atoms with Gasteiger partial charge >= 0.3 is 0 Å². The first kappa shape index (κ1) is 12.9. The van der Waals surface area contributed by atoms with Crippen molar-refractivity contribution in [1.82, 2.24) is 14.7 Å². The van der Waals surface area contributed by atoms with E-state index in [-0.39, 0.29) is 17.0 Å². The van der Waals surface area contributed by atoms with Gasteiger partial charge in [0.25, 0.3) is 0 Å². The summed E-state index contributed by atoms with van der Waals surface area (Å²) in [5.41, 5.74) is 0.328. The highest BCUT2D eigenvalue weighted by atomic mass is 32.2. The second-order valence-corrected chi connectivity index (χ2v) is 6.40. The smallest absolute Gasteiger partial charge is 0.247 e. The molecule has 6 nitrogen and oxygen atoms in total. The van der Waals surface area contributed by atoms with Crippen LogP contribution in [-0.2, 0) is 16.6 Å². The number of aromatic amines is 1. The number of hydrogen-bond acceptors (Lipinski definition) is 5. The molecule has 2 aromatic rings. The monoisotopic (exact) mass is 285 g/mol. The predicted octanol–water partition coefficient (Wildman–Crippen LogP) is 0.618. The second kappa shape index (κ2) is 5.01. The molecule has 0 saturated heterocycles. The molecule has 0 amide bonds. The van der Waals surface area contributed by atoms with E-state index in [0.29, 0.717) is 5.69 Å². The van der Waals surface area contributed by atoms with Crippen molar-refractivity contribution in [2.24, 2.45) is 0 Å². The van der Waals surface area contributed by atoms with E-state index in [1.807, 2.05) is 6.92 Å². The number of aromatic nitrogens is 2. The lowest BCUT2D eigenvalue weighted by atomic mass is 10.5. The molecule has 0 spiro atoms. The van der Waals surface area contributed by atoms with Crippen LogP contribution < -0.4 is 10.3 Å². The zero-order valence-corrected chi connectivity index (χ0v) is 11.1. The maximum atomic E-state index is 11.9. The molecule has 2 N–H and O–H groups in total. The van der Waals surface area contributed by atoms with E-state index >= 15 is 0 Å². The van der Waals surface area contributed by atoms with Crippen molar-refractivity contribution in [2.75, 3.05) is 0 Å². The van der Waals surface area contributed by atoms with Gasteiger partial charge in [-0.1, -0.05) is 0 Å². The van der Waals surface area contributed by atoms with Crippen LogP contribution in [0.25, 0.3) is 0 Å². The van der Waals surface area contributed by atoms with Crippen molar-refractivity contribution in [3.8, 4) is 0 Å². The van der Waals surface area contributed by atoms with Crippen molar-refractivity contribution in [3.63, 3.8) is 0 Å². The molecule has 96 valence electrons. The summed E-state index contributed by atoms with van der Waals surface area (Å²) in [4.78, 5) is 17.3. The Balaban J connectivity index is 2.12. The Labute approximate surface area is 108 Å². The van der Waals surface area contributed by atoms with Gasteiger partial charge in [0, 0.05) is 17.6 Å². The van der Waals surface area contributed by atoms with Gasteiger partial charge in [0.2, 0.25) is 15.6 Å². The average Bonchev–Trinajstić information content (AvgIpc) is 2.73. The SMILES string of the molecule is Cc1nc(CNS(=O)(=O)c2ccc(=O)[nH]c2)cs1. The number of nitrogens with one attached hydrogen (secondary N) is 2. The highest BCUT2D eigenvalue weighted by Crippen LogP contribution is 2.09. The molecule has 0 aliphatic carbocycles. The fourth-order valence-electron chi connectivity index (χ4n) is 1.31. The van der Waals surface area contributed by atoms with E-state index in [4.69, 9.17) is 0 Å². The Kier molecular flexibility index (Phi) is 3.60. The minimum atomic E-state index is -3.62. The van der Waals surface area contributed by atoms with Gasteiger partial charge in [0.15, 0.2) is 0 Å². The summed E-state index contributed by atoms with van der Waals surface area (Å²) in [6.07, 6.45) is 1.16. The molecule has 0 aliphatic rings. The third-order valence-corrected chi connectivity index (χ3v) is 4.40. The summed E-state index contributed by atoms with van der Waals surface area (Å²) in [7, 11) is -3.62. The summed E-state index contributed by atoms with van der Waals surface area (Å²) >= 11 is 1.46. The number of aryl methyl sites for hydroxylation is 1. The number of hydrogen-bond donors (Lipinski definition) is 2. The van der Waals surface area contributed by atoms with Crippen molar-refractivity contribution in [2.45, 2.75) is 18.4 Å². The molecule has 18 heavy (non-hydrogen) atoms. The van der Waals surface area contributed by atoms with Crippen LogP contribution in [0.5, 0.6) is 0 Å². The third kappa shape index (κ3) is 3.03. The van der Waals surface area contributed by atoms with Gasteiger partial charge in [-0.15, -0.1) is 11.3 Å². The van der Waals surface area contributed by atoms with E-state index in [0.717, 1.165) is 11.2 Å². The van der Waals surface area contributed by atoms with Crippen LogP contribution in [0.15, 0.2) is 33.4 Å². The van der Waals surface area contributed by atoms with Gasteiger partial charge in [-0.25, -0.2) is 18.1 Å². The summed E-state index contributed by atoms with van der Waals surface area (Å²) in [5, 5.41) is 2.68. The number of sulfonamides is 1. The molecule has 0 aromatic carbocycles. The predicted molar refractivity (Wildman–Crippen MR) is 67.9 cm³/mol. The molecule has 8 heteroatoms. The van der Waals surface area contributed by atoms with Gasteiger partial charge < -0.3 is 4.98 Å². The Hall–Kier alpha value is -1.51. The van der Waals surface area contributed by atoms with Crippen LogP contribution in [-0.4, -0.2) is 18.4 Å². The Morgan fingerprint density at radius 2 is 2.22 bits per heavy atom. The van der Waals surface area contributed by atoms with Crippen LogP contribution in [0, 0.1) is 6.92 Å². The largest absolute Gasteiger partial charge is 0.328 e. The second-order valence-electron chi connectivity index (χ2n) is 3.57. The van der Waals surface area contributed by atoms with E-state index in [2.05, 4.69) is 14.7 Å². The summed E-state index contributed by atoms with van der Waals surface area (Å²) in [6, 6.07) is 2.43. The van der Waals surface area contributed by atoms with Crippen LogP contribution in [0.1, 0.15) is 10.7 Å². The van der Waals surface area contributed by atoms with Crippen molar-refractivity contribution < 1.29 is 8.42 Å². The minimum Gasteiger partial charge on any atom is -0.328 e. The van der Waals surface area contributed by atoms with Gasteiger partial charge in [0.05, 0.1) is 22.1 Å². The van der Waals surface area contributed by atoms with Gasteiger partial charge in [0.1, 0.15) is 0 Å². The zero-order valence-electron chi connectivity index (χ0n) is 9.50. The lowest BCUT2D eigenvalue weighted by molar-refractivity contribution is 0.580. The minimum absolute atomic E-state index is 0.0223. The molecular formula is C10H11N3O3S2. The summed E-state index contributed by atoms with van der Waals surface area (Å²) in [6.45, 7) is 1.98. The number of pyridine rings is 1.